The molecule has 78 valence electrons. The minimum Gasteiger partial charge on any atom is -0.397 e. The van der Waals surface area contributed by atoms with Gasteiger partial charge in [-0.1, -0.05) is 44.7 Å². The van der Waals surface area contributed by atoms with Crippen molar-refractivity contribution in [3.05, 3.63) is 36.5 Å². The highest BCUT2D eigenvalue weighted by Crippen LogP contribution is 2.15. The molecule has 1 N–H and O–H groups in total. The summed E-state index contributed by atoms with van der Waals surface area (Å²) in [6.07, 6.45) is 9.00. The quantitative estimate of drug-likeness (QED) is 0.504. The first-order valence-electron chi connectivity index (χ1n) is 5.20. The predicted octanol–water partition coefficient (Wildman–Crippen LogP) is 2.12. The van der Waals surface area contributed by atoms with Gasteiger partial charge >= 0.3 is 0 Å². The molecule has 0 amide bonds. The lowest BCUT2D eigenvalue weighted by molar-refractivity contribution is 0.289. The second kappa shape index (κ2) is 7.63. The van der Waals surface area contributed by atoms with Crippen LogP contribution in [-0.2, 0) is 0 Å². The number of hydrogen-bond donors (Lipinski definition) is 1. The minimum atomic E-state index is 0.240. The van der Waals surface area contributed by atoms with Gasteiger partial charge in [-0.25, -0.2) is 0 Å². The molecule has 0 rings (SSSR count). The van der Waals surface area contributed by atoms with E-state index in [1.165, 1.54) is 5.57 Å². The van der Waals surface area contributed by atoms with Gasteiger partial charge in [-0.3, -0.25) is 0 Å². The molecule has 0 spiro atoms. The maximum atomic E-state index is 8.95. The second-order valence-electron chi connectivity index (χ2n) is 4.07. The molecule has 2 heteroatoms. The second-order valence-corrected chi connectivity index (χ2v) is 4.07. The molecule has 0 saturated carbocycles. The van der Waals surface area contributed by atoms with Crippen molar-refractivity contribution >= 4 is 7.85 Å². The summed E-state index contributed by atoms with van der Waals surface area (Å²) in [5.41, 5.74) is 1.23. The summed E-state index contributed by atoms with van der Waals surface area (Å²) in [5, 5.41) is 8.95. The lowest BCUT2D eigenvalue weighted by Gasteiger charge is -2.08. The van der Waals surface area contributed by atoms with E-state index in [1.807, 2.05) is 13.9 Å². The van der Waals surface area contributed by atoms with E-state index in [0.29, 0.717) is 11.7 Å². The molecule has 0 saturated heterocycles. The Labute approximate surface area is 88.6 Å². The SMILES string of the molecule is B[C@H](CO)CC(/C=C\C(C)C)=C/C=C. The van der Waals surface area contributed by atoms with E-state index < -0.39 is 0 Å². The minimum absolute atomic E-state index is 0.240. The fourth-order valence-corrected chi connectivity index (χ4v) is 1.13. The van der Waals surface area contributed by atoms with Gasteiger partial charge in [0, 0.05) is 6.61 Å². The maximum Gasteiger partial charge on any atom is 0.108 e. The van der Waals surface area contributed by atoms with Crippen LogP contribution in [0.25, 0.3) is 0 Å². The van der Waals surface area contributed by atoms with Crippen molar-refractivity contribution in [2.45, 2.75) is 26.1 Å². The molecule has 1 nitrogen and oxygen atoms in total. The summed E-state index contributed by atoms with van der Waals surface area (Å²) < 4.78 is 0. The normalized spacial score (nSPS) is 15.0. The maximum absolute atomic E-state index is 8.95. The highest BCUT2D eigenvalue weighted by molar-refractivity contribution is 6.11. The summed E-state index contributed by atoms with van der Waals surface area (Å²) in [5.74, 6) is 0.880. The van der Waals surface area contributed by atoms with Gasteiger partial charge in [0.05, 0.1) is 0 Å². The molecule has 1 atom stereocenters. The van der Waals surface area contributed by atoms with Crippen LogP contribution in [0.5, 0.6) is 0 Å². The largest absolute Gasteiger partial charge is 0.397 e. The first kappa shape index (κ1) is 13.2. The molecule has 0 heterocycles. The average Bonchev–Trinajstić information content (AvgIpc) is 2.14. The molecule has 0 aliphatic carbocycles. The highest BCUT2D eigenvalue weighted by atomic mass is 16.3. The Bertz CT molecular complexity index is 216. The molecule has 14 heavy (non-hydrogen) atoms. The van der Waals surface area contributed by atoms with Gasteiger partial charge in [0.25, 0.3) is 0 Å². The van der Waals surface area contributed by atoms with Crippen molar-refractivity contribution in [2.24, 2.45) is 5.92 Å². The molecule has 0 unspecified atom stereocenters. The molecule has 0 aromatic heterocycles. The lowest BCUT2D eigenvalue weighted by Crippen LogP contribution is -1.99. The number of aliphatic hydroxyl groups excluding tert-OH is 1. The fraction of sp³-hybridized carbons (Fsp3) is 0.500. The van der Waals surface area contributed by atoms with Crippen molar-refractivity contribution in [2.75, 3.05) is 6.61 Å². The van der Waals surface area contributed by atoms with Crippen LogP contribution in [0.15, 0.2) is 36.5 Å². The third kappa shape index (κ3) is 6.73. The fourth-order valence-electron chi connectivity index (χ4n) is 1.13. The number of aliphatic hydroxyl groups is 1. The van der Waals surface area contributed by atoms with Crippen molar-refractivity contribution < 1.29 is 5.11 Å². The van der Waals surface area contributed by atoms with Crippen molar-refractivity contribution in [1.82, 2.24) is 0 Å². The molecule has 0 bridgehead atoms. The zero-order chi connectivity index (χ0) is 11.0. The molecule has 0 radical (unpaired) electrons. The Kier molecular flexibility index (Phi) is 7.22. The summed E-state index contributed by atoms with van der Waals surface area (Å²) in [4.78, 5) is 0. The zero-order valence-electron chi connectivity index (χ0n) is 9.53. The predicted molar refractivity (Wildman–Crippen MR) is 66.3 cm³/mol. The Hall–Kier alpha value is -0.755. The first-order valence-corrected chi connectivity index (χ1v) is 5.20. The Balaban J connectivity index is 4.31. The molecule has 0 aromatic rings. The van der Waals surface area contributed by atoms with E-state index in [-0.39, 0.29) is 6.61 Å². The summed E-state index contributed by atoms with van der Waals surface area (Å²) >= 11 is 0. The van der Waals surface area contributed by atoms with Crippen LogP contribution < -0.4 is 0 Å². The monoisotopic (exact) mass is 192 g/mol. The van der Waals surface area contributed by atoms with Gasteiger partial charge in [0.15, 0.2) is 0 Å². The van der Waals surface area contributed by atoms with E-state index in [9.17, 15) is 0 Å². The van der Waals surface area contributed by atoms with Crippen LogP contribution >= 0.6 is 0 Å². The van der Waals surface area contributed by atoms with Crippen LogP contribution in [0.1, 0.15) is 20.3 Å². The van der Waals surface area contributed by atoms with Crippen LogP contribution in [0.4, 0.5) is 0 Å². The molecule has 0 aliphatic heterocycles. The van der Waals surface area contributed by atoms with E-state index >= 15 is 0 Å². The van der Waals surface area contributed by atoms with E-state index in [4.69, 9.17) is 5.11 Å². The van der Waals surface area contributed by atoms with Crippen LogP contribution in [0, 0.1) is 5.92 Å². The van der Waals surface area contributed by atoms with Gasteiger partial charge in [-0.05, 0) is 23.7 Å². The number of allylic oxidation sites excluding steroid dienone is 5. The summed E-state index contributed by atoms with van der Waals surface area (Å²) in [6.45, 7) is 8.23. The summed E-state index contributed by atoms with van der Waals surface area (Å²) in [7, 11) is 2.04. The van der Waals surface area contributed by atoms with Gasteiger partial charge in [-0.15, -0.1) is 0 Å². The van der Waals surface area contributed by atoms with Gasteiger partial charge in [0.2, 0.25) is 0 Å². The summed E-state index contributed by atoms with van der Waals surface area (Å²) in [6, 6.07) is 0. The highest BCUT2D eigenvalue weighted by Gasteiger charge is 2.01. The first-order chi connectivity index (χ1) is 6.60. The van der Waals surface area contributed by atoms with Crippen molar-refractivity contribution in [1.29, 1.82) is 0 Å². The third-order valence-corrected chi connectivity index (χ3v) is 1.92. The smallest absolute Gasteiger partial charge is 0.108 e. The molecular formula is C12H21BO. The molecule has 0 fully saturated rings. The molecule has 0 aliphatic rings. The van der Waals surface area contributed by atoms with Gasteiger partial charge in [0.1, 0.15) is 7.85 Å². The van der Waals surface area contributed by atoms with E-state index in [1.54, 1.807) is 6.08 Å². The van der Waals surface area contributed by atoms with Crippen LogP contribution in [-0.4, -0.2) is 19.6 Å². The third-order valence-electron chi connectivity index (χ3n) is 1.92. The van der Waals surface area contributed by atoms with Crippen molar-refractivity contribution in [3.8, 4) is 0 Å². The Morgan fingerprint density at radius 3 is 2.57 bits per heavy atom. The lowest BCUT2D eigenvalue weighted by atomic mass is 9.82. The van der Waals surface area contributed by atoms with Gasteiger partial charge in [-0.2, -0.15) is 0 Å². The topological polar surface area (TPSA) is 20.2 Å². The Morgan fingerprint density at radius 1 is 1.50 bits per heavy atom. The van der Waals surface area contributed by atoms with E-state index in [2.05, 4.69) is 32.6 Å². The number of rotatable bonds is 6. The van der Waals surface area contributed by atoms with E-state index in [0.717, 1.165) is 6.42 Å². The molecular weight excluding hydrogens is 171 g/mol. The van der Waals surface area contributed by atoms with Crippen LogP contribution in [0.3, 0.4) is 0 Å². The zero-order valence-corrected chi connectivity index (χ0v) is 9.53. The average molecular weight is 192 g/mol. The van der Waals surface area contributed by atoms with Crippen LogP contribution in [0.2, 0.25) is 5.82 Å². The number of hydrogen-bond acceptors (Lipinski definition) is 1. The molecule has 0 aromatic carbocycles. The Morgan fingerprint density at radius 2 is 2.14 bits per heavy atom. The van der Waals surface area contributed by atoms with Crippen molar-refractivity contribution in [3.63, 3.8) is 0 Å². The van der Waals surface area contributed by atoms with Gasteiger partial charge < -0.3 is 5.11 Å². The standard InChI is InChI=1S/C12H21BO/c1-4-5-11(7-6-10(2)3)8-12(13)9-14/h4-7,10,12,14H,1,8-9,13H2,2-3H3/b7-6-,11-5+/t12-/m0/s1.